The molecule has 7 heteroatoms. The van der Waals surface area contributed by atoms with Gasteiger partial charge in [-0.1, -0.05) is 24.3 Å². The first-order valence-corrected chi connectivity index (χ1v) is 7.90. The van der Waals surface area contributed by atoms with Gasteiger partial charge < -0.3 is 5.73 Å². The summed E-state index contributed by atoms with van der Waals surface area (Å²) in [4.78, 5) is 27.8. The van der Waals surface area contributed by atoms with Gasteiger partial charge in [0.25, 0.3) is 11.2 Å². The number of nitro groups is 1. The lowest BCUT2D eigenvalue weighted by Crippen LogP contribution is -2.21. The average Bonchev–Trinajstić information content (AvgIpc) is 2.66. The van der Waals surface area contributed by atoms with E-state index < -0.39 is 4.92 Å². The third kappa shape index (κ3) is 2.29. The van der Waals surface area contributed by atoms with E-state index in [0.717, 1.165) is 10.9 Å². The lowest BCUT2D eigenvalue weighted by Gasteiger charge is -2.14. The first-order valence-electron chi connectivity index (χ1n) is 7.90. The van der Waals surface area contributed by atoms with Gasteiger partial charge >= 0.3 is 0 Å². The Kier molecular flexibility index (Phi) is 3.43. The molecule has 2 heterocycles. The number of rotatable bonds is 2. The number of nitrogens with two attached hydrogens (primary N) is 1. The first kappa shape index (κ1) is 15.8. The highest BCUT2D eigenvalue weighted by Gasteiger charge is 2.18. The Labute approximate surface area is 147 Å². The van der Waals surface area contributed by atoms with Gasteiger partial charge in [0.1, 0.15) is 5.82 Å². The second-order valence-corrected chi connectivity index (χ2v) is 6.00. The Hall–Kier alpha value is -3.74. The number of nitro benzene ring substituents is 1. The minimum Gasteiger partial charge on any atom is -0.384 e. The monoisotopic (exact) mass is 346 g/mol. The molecule has 4 aromatic rings. The van der Waals surface area contributed by atoms with E-state index in [1.807, 2.05) is 36.4 Å². The smallest absolute Gasteiger partial charge is 0.270 e. The largest absolute Gasteiger partial charge is 0.384 e. The summed E-state index contributed by atoms with van der Waals surface area (Å²) in [5.74, 6) is 0.263. The standard InChI is InChI=1S/C19H14N4O3/c1-22-18(20)17(16-9-6-11-4-2-3-5-15(11)21-16)13-8-7-12(23(25)26)10-14(13)19(22)24/h2-10H,20H2,1H3. The molecule has 0 fully saturated rings. The van der Waals surface area contributed by atoms with Crippen LogP contribution in [0.15, 0.2) is 59.4 Å². The third-order valence-electron chi connectivity index (χ3n) is 4.49. The molecule has 2 aromatic heterocycles. The van der Waals surface area contributed by atoms with E-state index in [2.05, 4.69) is 4.98 Å². The number of pyridine rings is 2. The summed E-state index contributed by atoms with van der Waals surface area (Å²) in [5.41, 5.74) is 7.68. The fraction of sp³-hybridized carbons (Fsp3) is 0.0526. The summed E-state index contributed by atoms with van der Waals surface area (Å²) in [5, 5.41) is 12.8. The molecular formula is C19H14N4O3. The van der Waals surface area contributed by atoms with E-state index in [1.54, 1.807) is 13.1 Å². The topological polar surface area (TPSA) is 104 Å². The van der Waals surface area contributed by atoms with E-state index >= 15 is 0 Å². The quantitative estimate of drug-likeness (QED) is 0.443. The number of nitrogens with zero attached hydrogens (tertiary/aromatic N) is 3. The van der Waals surface area contributed by atoms with Crippen molar-refractivity contribution in [1.82, 2.24) is 9.55 Å². The van der Waals surface area contributed by atoms with Gasteiger partial charge in [-0.3, -0.25) is 19.5 Å². The summed E-state index contributed by atoms with van der Waals surface area (Å²) >= 11 is 0. The summed E-state index contributed by atoms with van der Waals surface area (Å²) in [6, 6.07) is 15.6. The first-order chi connectivity index (χ1) is 12.5. The summed E-state index contributed by atoms with van der Waals surface area (Å²) in [6.45, 7) is 0. The van der Waals surface area contributed by atoms with Crippen molar-refractivity contribution in [3.63, 3.8) is 0 Å². The molecular weight excluding hydrogens is 332 g/mol. The molecule has 2 aromatic carbocycles. The van der Waals surface area contributed by atoms with E-state index in [4.69, 9.17) is 5.73 Å². The van der Waals surface area contributed by atoms with Crippen molar-refractivity contribution in [2.45, 2.75) is 0 Å². The van der Waals surface area contributed by atoms with Crippen LogP contribution >= 0.6 is 0 Å². The number of fused-ring (bicyclic) bond motifs is 2. The molecule has 0 saturated heterocycles. The predicted octanol–water partition coefficient (Wildman–Crippen LogP) is 3.24. The molecule has 0 radical (unpaired) electrons. The number of hydrogen-bond donors (Lipinski definition) is 1. The Balaban J connectivity index is 2.10. The molecule has 26 heavy (non-hydrogen) atoms. The van der Waals surface area contributed by atoms with Crippen LogP contribution in [0.1, 0.15) is 0 Å². The molecule has 0 atom stereocenters. The molecule has 7 nitrogen and oxygen atoms in total. The van der Waals surface area contributed by atoms with Crippen molar-refractivity contribution < 1.29 is 4.92 Å². The highest BCUT2D eigenvalue weighted by Crippen LogP contribution is 2.33. The van der Waals surface area contributed by atoms with Crippen LogP contribution in [0.5, 0.6) is 0 Å². The lowest BCUT2D eigenvalue weighted by atomic mass is 10.0. The molecule has 0 unspecified atom stereocenters. The zero-order chi connectivity index (χ0) is 18.4. The molecule has 4 rings (SSSR count). The van der Waals surface area contributed by atoms with Crippen molar-refractivity contribution in [2.24, 2.45) is 7.05 Å². The van der Waals surface area contributed by atoms with Gasteiger partial charge in [-0.25, -0.2) is 4.98 Å². The highest BCUT2D eigenvalue weighted by molar-refractivity contribution is 6.01. The maximum Gasteiger partial charge on any atom is 0.270 e. The maximum absolute atomic E-state index is 12.6. The molecule has 0 aliphatic heterocycles. The molecule has 0 spiro atoms. The van der Waals surface area contributed by atoms with Gasteiger partial charge in [0.05, 0.1) is 21.5 Å². The SMILES string of the molecule is Cn1c(N)c(-c2ccc3ccccc3n2)c2ccc([N+](=O)[O-])cc2c1=O. The Morgan fingerprint density at radius 3 is 2.62 bits per heavy atom. The maximum atomic E-state index is 12.6. The van der Waals surface area contributed by atoms with Crippen LogP contribution in [0.4, 0.5) is 11.5 Å². The van der Waals surface area contributed by atoms with Crippen LogP contribution in [0.3, 0.4) is 0 Å². The van der Waals surface area contributed by atoms with Gasteiger partial charge in [0.15, 0.2) is 0 Å². The second kappa shape index (κ2) is 5.66. The number of para-hydroxylation sites is 1. The molecule has 0 bridgehead atoms. The predicted molar refractivity (Wildman–Crippen MR) is 101 cm³/mol. The number of hydrogen-bond acceptors (Lipinski definition) is 5. The zero-order valence-corrected chi connectivity index (χ0v) is 13.8. The van der Waals surface area contributed by atoms with E-state index in [9.17, 15) is 14.9 Å². The van der Waals surface area contributed by atoms with Gasteiger partial charge in [-0.15, -0.1) is 0 Å². The summed E-state index contributed by atoms with van der Waals surface area (Å²) < 4.78 is 1.29. The van der Waals surface area contributed by atoms with Crippen molar-refractivity contribution in [3.8, 4) is 11.3 Å². The zero-order valence-electron chi connectivity index (χ0n) is 13.8. The minimum atomic E-state index is -0.525. The molecule has 0 amide bonds. The number of aromatic nitrogens is 2. The molecule has 0 aliphatic carbocycles. The molecule has 0 saturated carbocycles. The van der Waals surface area contributed by atoms with Gasteiger partial charge in [0.2, 0.25) is 0 Å². The van der Waals surface area contributed by atoms with E-state index in [-0.39, 0.29) is 22.5 Å². The molecule has 2 N–H and O–H groups in total. The lowest BCUT2D eigenvalue weighted by molar-refractivity contribution is -0.384. The Morgan fingerprint density at radius 2 is 1.85 bits per heavy atom. The minimum absolute atomic E-state index is 0.142. The number of nitrogen functional groups attached to an aromatic ring is 1. The normalized spacial score (nSPS) is 11.1. The molecule has 0 aliphatic rings. The second-order valence-electron chi connectivity index (χ2n) is 6.00. The van der Waals surface area contributed by atoms with Crippen LogP contribution in [0, 0.1) is 10.1 Å². The van der Waals surface area contributed by atoms with Crippen LogP contribution in [0.2, 0.25) is 0 Å². The molecule has 128 valence electrons. The van der Waals surface area contributed by atoms with Gasteiger partial charge in [-0.05, 0) is 18.2 Å². The van der Waals surface area contributed by atoms with Crippen LogP contribution < -0.4 is 11.3 Å². The van der Waals surface area contributed by atoms with E-state index in [0.29, 0.717) is 16.6 Å². The van der Waals surface area contributed by atoms with Crippen molar-refractivity contribution in [1.29, 1.82) is 0 Å². The third-order valence-corrected chi connectivity index (χ3v) is 4.49. The fourth-order valence-corrected chi connectivity index (χ4v) is 3.11. The average molecular weight is 346 g/mol. The van der Waals surface area contributed by atoms with Crippen molar-refractivity contribution in [3.05, 3.63) is 75.1 Å². The fourth-order valence-electron chi connectivity index (χ4n) is 3.11. The Bertz CT molecular complexity index is 1260. The number of benzene rings is 2. The highest BCUT2D eigenvalue weighted by atomic mass is 16.6. The number of non-ortho nitro benzene ring substituents is 1. The summed E-state index contributed by atoms with van der Waals surface area (Å²) in [7, 11) is 1.54. The van der Waals surface area contributed by atoms with Gasteiger partial charge in [-0.2, -0.15) is 0 Å². The van der Waals surface area contributed by atoms with Crippen molar-refractivity contribution in [2.75, 3.05) is 5.73 Å². The number of anilines is 1. The van der Waals surface area contributed by atoms with Crippen LogP contribution in [0.25, 0.3) is 32.9 Å². The van der Waals surface area contributed by atoms with Gasteiger partial charge in [0, 0.05) is 35.5 Å². The van der Waals surface area contributed by atoms with E-state index in [1.165, 1.54) is 16.7 Å². The van der Waals surface area contributed by atoms with Crippen LogP contribution in [-0.2, 0) is 7.05 Å². The van der Waals surface area contributed by atoms with Crippen LogP contribution in [-0.4, -0.2) is 14.5 Å². The summed E-state index contributed by atoms with van der Waals surface area (Å²) in [6.07, 6.45) is 0. The van der Waals surface area contributed by atoms with Crippen molar-refractivity contribution >= 4 is 33.2 Å². The Morgan fingerprint density at radius 1 is 1.08 bits per heavy atom.